The maximum Gasteiger partial charge on any atom is 0.414 e. The molecule has 3 aromatic rings. The maximum atomic E-state index is 13.1. The molecule has 144 valence electrons. The van der Waals surface area contributed by atoms with Crippen LogP contribution in [0.5, 0.6) is 0 Å². The van der Waals surface area contributed by atoms with E-state index < -0.39 is 0 Å². The minimum Gasteiger partial charge on any atom is -0.444 e. The summed E-state index contributed by atoms with van der Waals surface area (Å²) in [4.78, 5) is 31.9. The summed E-state index contributed by atoms with van der Waals surface area (Å²) in [5.41, 5.74) is 3.11. The second-order valence-corrected chi connectivity index (χ2v) is 7.22. The summed E-state index contributed by atoms with van der Waals surface area (Å²) in [6.07, 6.45) is 2.03. The minimum absolute atomic E-state index is 0.0509. The zero-order chi connectivity index (χ0) is 19.3. The lowest BCUT2D eigenvalue weighted by Gasteiger charge is -2.28. The predicted octanol–water partition coefficient (Wildman–Crippen LogP) is 2.76. The van der Waals surface area contributed by atoms with Gasteiger partial charge in [-0.1, -0.05) is 25.1 Å². The van der Waals surface area contributed by atoms with E-state index in [-0.39, 0.29) is 18.1 Å². The molecule has 0 aliphatic carbocycles. The molecule has 0 unspecified atom stereocenters. The molecule has 1 aromatic carbocycles. The number of nitrogens with zero attached hydrogens (tertiary/aromatic N) is 4. The van der Waals surface area contributed by atoms with Gasteiger partial charge >= 0.3 is 6.09 Å². The quantitative estimate of drug-likeness (QED) is 0.758. The van der Waals surface area contributed by atoms with Crippen LogP contribution in [0.3, 0.4) is 0 Å². The molecule has 8 nitrogen and oxygen atoms in total. The number of ether oxygens (including phenoxy) is 1. The van der Waals surface area contributed by atoms with E-state index in [1.807, 2.05) is 41.9 Å². The fourth-order valence-corrected chi connectivity index (χ4v) is 3.92. The summed E-state index contributed by atoms with van der Waals surface area (Å²) in [5.74, 6) is -0.0509. The third-order valence-electron chi connectivity index (χ3n) is 5.52. The average molecular weight is 379 g/mol. The van der Waals surface area contributed by atoms with Gasteiger partial charge in [0.15, 0.2) is 0 Å². The van der Waals surface area contributed by atoms with Crippen LogP contribution in [-0.2, 0) is 17.8 Å². The molecule has 0 saturated carbocycles. The summed E-state index contributed by atoms with van der Waals surface area (Å²) < 4.78 is 7.25. The normalized spacial score (nSPS) is 19.2. The lowest BCUT2D eigenvalue weighted by Crippen LogP contribution is -2.39. The second kappa shape index (κ2) is 6.40. The van der Waals surface area contributed by atoms with Crippen LogP contribution in [0.2, 0.25) is 0 Å². The summed E-state index contributed by atoms with van der Waals surface area (Å²) in [5, 5.41) is 5.42. The molecule has 2 aliphatic heterocycles. The molecule has 2 amide bonds. The van der Waals surface area contributed by atoms with Crippen LogP contribution >= 0.6 is 0 Å². The third-order valence-corrected chi connectivity index (χ3v) is 5.52. The first-order valence-corrected chi connectivity index (χ1v) is 9.54. The summed E-state index contributed by atoms with van der Waals surface area (Å²) in [6.45, 7) is 4.09. The van der Waals surface area contributed by atoms with Gasteiger partial charge in [-0.2, -0.15) is 5.10 Å². The van der Waals surface area contributed by atoms with E-state index in [9.17, 15) is 9.59 Å². The fourth-order valence-electron chi connectivity index (χ4n) is 3.92. The number of hydrogen-bond donors (Lipinski definition) is 1. The number of carbonyl (C=O) groups excluding carboxylic acids is 2. The molecule has 5 rings (SSSR count). The molecule has 4 heterocycles. The van der Waals surface area contributed by atoms with Crippen LogP contribution in [0.25, 0.3) is 10.9 Å². The number of anilines is 1. The van der Waals surface area contributed by atoms with E-state index in [0.717, 1.165) is 28.7 Å². The van der Waals surface area contributed by atoms with Crippen LogP contribution in [0.1, 0.15) is 29.5 Å². The maximum absolute atomic E-state index is 13.1. The van der Waals surface area contributed by atoms with Crippen molar-refractivity contribution in [1.82, 2.24) is 19.7 Å². The van der Waals surface area contributed by atoms with Gasteiger partial charge < -0.3 is 14.6 Å². The van der Waals surface area contributed by atoms with E-state index >= 15 is 0 Å². The Bertz CT molecular complexity index is 1040. The number of rotatable bonds is 3. The van der Waals surface area contributed by atoms with Crippen LogP contribution in [-0.4, -0.2) is 50.9 Å². The van der Waals surface area contributed by atoms with Crippen molar-refractivity contribution in [2.24, 2.45) is 0 Å². The molecule has 2 aliphatic rings. The molecule has 28 heavy (non-hydrogen) atoms. The molecule has 1 N–H and O–H groups in total. The van der Waals surface area contributed by atoms with Crippen molar-refractivity contribution in [3.8, 4) is 0 Å². The first kappa shape index (κ1) is 16.9. The summed E-state index contributed by atoms with van der Waals surface area (Å²) in [6, 6.07) is 9.72. The Morgan fingerprint density at radius 3 is 2.96 bits per heavy atom. The fraction of sp³-hybridized carbons (Fsp3) is 0.350. The van der Waals surface area contributed by atoms with Crippen molar-refractivity contribution < 1.29 is 14.3 Å². The molecular formula is C20H21N5O3. The first-order chi connectivity index (χ1) is 13.6. The Hall–Kier alpha value is -3.29. The number of nitrogens with one attached hydrogen (secondary N) is 1. The minimum atomic E-state index is -0.346. The highest BCUT2D eigenvalue weighted by Crippen LogP contribution is 2.29. The number of para-hydroxylation sites is 1. The van der Waals surface area contributed by atoms with Crippen molar-refractivity contribution in [2.75, 3.05) is 18.0 Å². The summed E-state index contributed by atoms with van der Waals surface area (Å²) >= 11 is 0. The van der Waals surface area contributed by atoms with Crippen molar-refractivity contribution in [1.29, 1.82) is 0 Å². The highest BCUT2D eigenvalue weighted by molar-refractivity contribution is 5.98. The zero-order valence-corrected chi connectivity index (χ0v) is 15.6. The molecule has 1 atom stereocenters. The van der Waals surface area contributed by atoms with Crippen molar-refractivity contribution in [2.45, 2.75) is 32.5 Å². The van der Waals surface area contributed by atoms with Gasteiger partial charge in [-0.3, -0.25) is 14.4 Å². The topological polar surface area (TPSA) is 83.5 Å². The van der Waals surface area contributed by atoms with Crippen LogP contribution in [0.15, 0.2) is 36.5 Å². The van der Waals surface area contributed by atoms with E-state index in [0.29, 0.717) is 31.9 Å². The van der Waals surface area contributed by atoms with E-state index in [1.165, 1.54) is 0 Å². The first-order valence-electron chi connectivity index (χ1n) is 9.54. The molecule has 1 saturated heterocycles. The van der Waals surface area contributed by atoms with Gasteiger partial charge in [0.25, 0.3) is 5.91 Å². The van der Waals surface area contributed by atoms with Gasteiger partial charge in [0, 0.05) is 17.4 Å². The molecular weight excluding hydrogens is 358 g/mol. The molecule has 2 aromatic heterocycles. The Morgan fingerprint density at radius 1 is 1.32 bits per heavy atom. The SMILES string of the molecule is CC[C@@H]1CN(c2cnn3c2CN(C(=O)c2cc4ccccc4[nH]2)CC3)C(=O)O1. The number of benzene rings is 1. The molecule has 0 radical (unpaired) electrons. The Morgan fingerprint density at radius 2 is 2.18 bits per heavy atom. The average Bonchev–Trinajstić information content (AvgIpc) is 3.42. The van der Waals surface area contributed by atoms with E-state index in [1.54, 1.807) is 16.0 Å². The Kier molecular flexibility index (Phi) is 3.85. The number of amides is 2. The van der Waals surface area contributed by atoms with Gasteiger partial charge in [0.05, 0.1) is 37.2 Å². The van der Waals surface area contributed by atoms with Crippen molar-refractivity contribution in [3.05, 3.63) is 47.9 Å². The standard InChI is InChI=1S/C20H21N5O3/c1-2-14-11-24(20(27)28-14)17-10-21-25-8-7-23(12-18(17)25)19(26)16-9-13-5-3-4-6-15(13)22-16/h3-6,9-10,14,22H,2,7-8,11-12H2,1H3/t14-/m1/s1. The summed E-state index contributed by atoms with van der Waals surface area (Å²) in [7, 11) is 0. The van der Waals surface area contributed by atoms with Gasteiger partial charge in [0.2, 0.25) is 0 Å². The predicted molar refractivity (Wildman–Crippen MR) is 103 cm³/mol. The lowest BCUT2D eigenvalue weighted by atomic mass is 10.2. The monoisotopic (exact) mass is 379 g/mol. The largest absolute Gasteiger partial charge is 0.444 e. The van der Waals surface area contributed by atoms with Crippen LogP contribution < -0.4 is 4.90 Å². The van der Waals surface area contributed by atoms with Gasteiger partial charge in [0.1, 0.15) is 11.8 Å². The molecule has 0 spiro atoms. The van der Waals surface area contributed by atoms with E-state index in [2.05, 4.69) is 10.1 Å². The zero-order valence-electron chi connectivity index (χ0n) is 15.6. The second-order valence-electron chi connectivity index (χ2n) is 7.22. The number of H-pyrrole nitrogens is 1. The lowest BCUT2D eigenvalue weighted by molar-refractivity contribution is 0.0701. The number of cyclic esters (lactones) is 1. The Labute approximate surface area is 161 Å². The van der Waals surface area contributed by atoms with Gasteiger partial charge in [-0.25, -0.2) is 4.79 Å². The van der Waals surface area contributed by atoms with Crippen molar-refractivity contribution >= 4 is 28.6 Å². The van der Waals surface area contributed by atoms with E-state index in [4.69, 9.17) is 4.74 Å². The molecule has 1 fully saturated rings. The number of aromatic amines is 1. The highest BCUT2D eigenvalue weighted by atomic mass is 16.6. The number of hydrogen-bond acceptors (Lipinski definition) is 4. The number of carbonyl (C=O) groups is 2. The highest BCUT2D eigenvalue weighted by Gasteiger charge is 2.35. The third kappa shape index (κ3) is 2.64. The molecule has 0 bridgehead atoms. The molecule has 8 heteroatoms. The van der Waals surface area contributed by atoms with Crippen molar-refractivity contribution in [3.63, 3.8) is 0 Å². The van der Waals surface area contributed by atoms with Crippen LogP contribution in [0, 0.1) is 0 Å². The number of fused-ring (bicyclic) bond motifs is 2. The Balaban J connectivity index is 1.41. The van der Waals surface area contributed by atoms with Gasteiger partial charge in [-0.05, 0) is 18.6 Å². The van der Waals surface area contributed by atoms with Gasteiger partial charge in [-0.15, -0.1) is 0 Å². The number of aromatic nitrogens is 3. The van der Waals surface area contributed by atoms with Crippen LogP contribution in [0.4, 0.5) is 10.5 Å². The smallest absolute Gasteiger partial charge is 0.414 e.